The van der Waals surface area contributed by atoms with Gasteiger partial charge in [0.15, 0.2) is 11.6 Å². The molecule has 5 aromatic rings. The van der Waals surface area contributed by atoms with Crippen molar-refractivity contribution in [2.45, 2.75) is 6.54 Å². The van der Waals surface area contributed by atoms with Gasteiger partial charge in [-0.05, 0) is 29.8 Å². The molecule has 0 saturated heterocycles. The van der Waals surface area contributed by atoms with Gasteiger partial charge in [-0.15, -0.1) is 0 Å². The highest BCUT2D eigenvalue weighted by Crippen LogP contribution is 2.20. The van der Waals surface area contributed by atoms with Crippen molar-refractivity contribution < 1.29 is 13.9 Å². The predicted octanol–water partition coefficient (Wildman–Crippen LogP) is 3.60. The highest BCUT2D eigenvalue weighted by Gasteiger charge is 2.11. The van der Waals surface area contributed by atoms with Crippen LogP contribution in [0, 0.1) is 5.82 Å². The van der Waals surface area contributed by atoms with Gasteiger partial charge in [0.1, 0.15) is 17.3 Å². The van der Waals surface area contributed by atoms with E-state index in [4.69, 9.17) is 4.74 Å². The zero-order valence-electron chi connectivity index (χ0n) is 20.0. The summed E-state index contributed by atoms with van der Waals surface area (Å²) in [6, 6.07) is 11.5. The fourth-order valence-electron chi connectivity index (χ4n) is 3.26. The van der Waals surface area contributed by atoms with E-state index in [-0.39, 0.29) is 23.9 Å². The molecule has 0 radical (unpaired) electrons. The summed E-state index contributed by atoms with van der Waals surface area (Å²) in [6.45, 7) is 0.170. The van der Waals surface area contributed by atoms with Gasteiger partial charge in [-0.1, -0.05) is 6.07 Å². The van der Waals surface area contributed by atoms with Gasteiger partial charge in [-0.3, -0.25) is 9.48 Å². The Morgan fingerprint density at radius 3 is 2.61 bits per heavy atom. The minimum Gasteiger partial charge on any atom is -0.494 e. The van der Waals surface area contributed by atoms with E-state index >= 15 is 0 Å². The largest absolute Gasteiger partial charge is 0.494 e. The predicted molar refractivity (Wildman–Crippen MR) is 133 cm³/mol. The van der Waals surface area contributed by atoms with Crippen molar-refractivity contribution in [3.8, 4) is 5.75 Å². The van der Waals surface area contributed by atoms with Gasteiger partial charge >= 0.3 is 0 Å². The smallest absolute Gasteiger partial charge is 0.270 e. The fraction of sp³-hybridized carbons (Fsp3) is 0.160. The highest BCUT2D eigenvalue weighted by atomic mass is 19.1. The lowest BCUT2D eigenvalue weighted by molar-refractivity contribution is 0.0946. The Morgan fingerprint density at radius 2 is 1.97 bits per heavy atom. The van der Waals surface area contributed by atoms with Crippen molar-refractivity contribution in [2.24, 2.45) is 14.1 Å². The molecule has 184 valence electrons. The normalized spacial score (nSPS) is 10.4. The van der Waals surface area contributed by atoms with Crippen LogP contribution in [0.15, 0.2) is 73.6 Å². The molecule has 4 aromatic heterocycles. The number of halogens is 1. The summed E-state index contributed by atoms with van der Waals surface area (Å²) >= 11 is 0. The standard InChI is InChI=1S/C21H19FN6O2.C4H6N2/c1-28-20(7-8-25-28)27-19-10-17-14(12-23-19)4-5-16(26-17)21(29)24-11-13-3-6-18(30-2)15(22)9-13;1-6-3-2-5-4-6/h3-10,12H,11H2,1-2H3,(H,23,27)(H,24,29);2-4H,1H3. The van der Waals surface area contributed by atoms with Crippen LogP contribution >= 0.6 is 0 Å². The van der Waals surface area contributed by atoms with E-state index < -0.39 is 5.82 Å². The highest BCUT2D eigenvalue weighted by molar-refractivity contribution is 5.95. The SMILES string of the molecule is COc1ccc(CNC(=O)c2ccc3cnc(Nc4ccnn4C)cc3n2)cc1F.Cn1ccnc1. The Labute approximate surface area is 206 Å². The molecule has 11 heteroatoms. The lowest BCUT2D eigenvalue weighted by atomic mass is 10.2. The van der Waals surface area contributed by atoms with Gasteiger partial charge < -0.3 is 19.9 Å². The molecule has 5 rings (SSSR count). The third kappa shape index (κ3) is 6.00. The van der Waals surface area contributed by atoms with E-state index in [0.29, 0.717) is 16.9 Å². The number of hydrogen-bond acceptors (Lipinski definition) is 7. The molecule has 10 nitrogen and oxygen atoms in total. The average Bonchev–Trinajstić information content (AvgIpc) is 3.53. The topological polar surface area (TPSA) is 112 Å². The van der Waals surface area contributed by atoms with E-state index in [1.807, 2.05) is 30.9 Å². The minimum absolute atomic E-state index is 0.158. The monoisotopic (exact) mass is 488 g/mol. The molecule has 4 heterocycles. The third-order valence-electron chi connectivity index (χ3n) is 5.19. The number of benzene rings is 1. The van der Waals surface area contributed by atoms with Crippen LogP contribution in [0.25, 0.3) is 10.9 Å². The van der Waals surface area contributed by atoms with Gasteiger partial charge in [0.2, 0.25) is 0 Å². The van der Waals surface area contributed by atoms with Gasteiger partial charge in [0.05, 0.1) is 25.2 Å². The van der Waals surface area contributed by atoms with E-state index in [1.165, 1.54) is 19.2 Å². The summed E-state index contributed by atoms with van der Waals surface area (Å²) in [5.74, 6) is 0.692. The molecule has 36 heavy (non-hydrogen) atoms. The molecule has 0 bridgehead atoms. The first-order valence-electron chi connectivity index (χ1n) is 11.0. The van der Waals surface area contributed by atoms with Gasteiger partial charge in [0.25, 0.3) is 5.91 Å². The molecule has 0 aliphatic rings. The number of carbonyl (C=O) groups excluding carboxylic acids is 1. The van der Waals surface area contributed by atoms with Crippen LogP contribution in [-0.4, -0.2) is 42.3 Å². The van der Waals surface area contributed by atoms with Crippen LogP contribution in [0.5, 0.6) is 5.75 Å². The Balaban J connectivity index is 0.000000445. The third-order valence-corrected chi connectivity index (χ3v) is 5.19. The second-order valence-electron chi connectivity index (χ2n) is 7.80. The summed E-state index contributed by atoms with van der Waals surface area (Å²) in [5.41, 5.74) is 1.50. The van der Waals surface area contributed by atoms with Crippen molar-refractivity contribution in [2.75, 3.05) is 12.4 Å². The number of amides is 1. The Bertz CT molecular complexity index is 1470. The Hall–Kier alpha value is -4.80. The zero-order chi connectivity index (χ0) is 25.5. The lowest BCUT2D eigenvalue weighted by Crippen LogP contribution is -2.23. The van der Waals surface area contributed by atoms with Gasteiger partial charge in [-0.2, -0.15) is 5.10 Å². The summed E-state index contributed by atoms with van der Waals surface area (Å²) in [5, 5.41) is 10.8. The molecule has 0 saturated carbocycles. The quantitative estimate of drug-likeness (QED) is 0.376. The number of rotatable bonds is 6. The molecule has 0 fully saturated rings. The fourth-order valence-corrected chi connectivity index (χ4v) is 3.26. The first kappa shape index (κ1) is 24.3. The second-order valence-corrected chi connectivity index (χ2v) is 7.80. The maximum atomic E-state index is 13.8. The minimum atomic E-state index is -0.478. The molecule has 2 N–H and O–H groups in total. The first-order chi connectivity index (χ1) is 17.4. The second kappa shape index (κ2) is 11.1. The first-order valence-corrected chi connectivity index (χ1v) is 11.0. The maximum Gasteiger partial charge on any atom is 0.270 e. The number of methoxy groups -OCH3 is 1. The molecule has 0 atom stereocenters. The molecule has 0 spiro atoms. The van der Waals surface area contributed by atoms with Gasteiger partial charge in [-0.25, -0.2) is 19.3 Å². The number of nitrogens with zero attached hydrogens (tertiary/aromatic N) is 6. The van der Waals surface area contributed by atoms with Crippen molar-refractivity contribution in [1.29, 1.82) is 0 Å². The van der Waals surface area contributed by atoms with Crippen LogP contribution in [0.4, 0.5) is 16.0 Å². The maximum absolute atomic E-state index is 13.8. The van der Waals surface area contributed by atoms with Crippen molar-refractivity contribution in [3.63, 3.8) is 0 Å². The van der Waals surface area contributed by atoms with E-state index in [9.17, 15) is 9.18 Å². The van der Waals surface area contributed by atoms with E-state index in [1.54, 1.807) is 53.9 Å². The van der Waals surface area contributed by atoms with Crippen LogP contribution in [0.1, 0.15) is 16.1 Å². The summed E-state index contributed by atoms with van der Waals surface area (Å²) in [6.07, 6.45) is 8.75. The number of pyridine rings is 2. The number of aromatic nitrogens is 6. The van der Waals surface area contributed by atoms with Crippen LogP contribution in [0.2, 0.25) is 0 Å². The van der Waals surface area contributed by atoms with Crippen LogP contribution in [-0.2, 0) is 20.6 Å². The number of hydrogen-bond donors (Lipinski definition) is 2. The molecular formula is C25H25FN8O2. The number of fused-ring (bicyclic) bond motifs is 1. The molecule has 0 aliphatic carbocycles. The number of aryl methyl sites for hydroxylation is 2. The molecule has 1 aromatic carbocycles. The number of nitrogens with one attached hydrogen (secondary N) is 2. The number of anilines is 2. The Morgan fingerprint density at radius 1 is 1.11 bits per heavy atom. The van der Waals surface area contributed by atoms with Crippen LogP contribution < -0.4 is 15.4 Å². The summed E-state index contributed by atoms with van der Waals surface area (Å²) in [7, 11) is 5.16. The zero-order valence-corrected chi connectivity index (χ0v) is 20.0. The summed E-state index contributed by atoms with van der Waals surface area (Å²) < 4.78 is 22.3. The molecule has 0 aliphatic heterocycles. The van der Waals surface area contributed by atoms with Crippen molar-refractivity contribution >= 4 is 28.4 Å². The van der Waals surface area contributed by atoms with Gasteiger partial charge in [0, 0.05) is 56.7 Å². The Kier molecular flexibility index (Phi) is 7.49. The average molecular weight is 489 g/mol. The van der Waals surface area contributed by atoms with Crippen molar-refractivity contribution in [3.05, 3.63) is 90.7 Å². The lowest BCUT2D eigenvalue weighted by Gasteiger charge is -2.09. The molecule has 0 unspecified atom stereocenters. The summed E-state index contributed by atoms with van der Waals surface area (Å²) in [4.78, 5) is 25.1. The number of carbonyl (C=O) groups is 1. The number of imidazole rings is 1. The van der Waals surface area contributed by atoms with Crippen molar-refractivity contribution in [1.82, 2.24) is 34.6 Å². The molecular weight excluding hydrogens is 463 g/mol. The van der Waals surface area contributed by atoms with E-state index in [0.717, 1.165) is 11.2 Å². The van der Waals surface area contributed by atoms with Crippen LogP contribution in [0.3, 0.4) is 0 Å². The van der Waals surface area contributed by atoms with E-state index in [2.05, 4.69) is 30.7 Å². The molecule has 1 amide bonds. The number of ether oxygens (including phenoxy) is 1.